The fourth-order valence-corrected chi connectivity index (χ4v) is 3.91. The summed E-state index contributed by atoms with van der Waals surface area (Å²) in [7, 11) is 0. The summed E-state index contributed by atoms with van der Waals surface area (Å²) in [4.78, 5) is 25.6. The van der Waals surface area contributed by atoms with Crippen molar-refractivity contribution >= 4 is 27.3 Å². The molecule has 1 N–H and O–H groups in total. The molecule has 0 bridgehead atoms. The van der Waals surface area contributed by atoms with Crippen molar-refractivity contribution in [3.05, 3.63) is 33.6 Å². The Kier molecular flexibility index (Phi) is 4.10. The van der Waals surface area contributed by atoms with Crippen LogP contribution in [0.1, 0.15) is 37.0 Å². The van der Waals surface area contributed by atoms with Crippen LogP contribution in [0.2, 0.25) is 0 Å². The first kappa shape index (κ1) is 14.3. The Bertz CT molecular complexity index is 711. The predicted octanol–water partition coefficient (Wildman–Crippen LogP) is 2.82. The lowest BCUT2D eigenvalue weighted by Crippen LogP contribution is -2.39. The molecule has 0 spiro atoms. The van der Waals surface area contributed by atoms with Crippen LogP contribution < -0.4 is 10.9 Å². The summed E-state index contributed by atoms with van der Waals surface area (Å²) in [6.07, 6.45) is 7.48. The van der Waals surface area contributed by atoms with Crippen molar-refractivity contribution < 1.29 is 4.79 Å². The molecule has 112 valence electrons. The molecule has 0 unspecified atom stereocenters. The molecule has 1 aliphatic rings. The first-order valence-corrected chi connectivity index (χ1v) is 8.34. The van der Waals surface area contributed by atoms with Gasteiger partial charge in [0, 0.05) is 21.8 Å². The van der Waals surface area contributed by atoms with Crippen LogP contribution in [0.15, 0.2) is 23.1 Å². The normalized spacial score (nSPS) is 16.2. The standard InChI is InChI=1S/C16H20N2O2S/c1-11-9-13-14(21-11)7-8-18(16(13)20)10-15(19)17-12-5-3-2-4-6-12/h7-9,12H,2-6,10H2,1H3,(H,17,19). The van der Waals surface area contributed by atoms with Gasteiger partial charge >= 0.3 is 0 Å². The second-order valence-corrected chi connectivity index (χ2v) is 7.07. The molecule has 0 radical (unpaired) electrons. The number of carbonyl (C=O) groups excluding carboxylic acids is 1. The molecule has 2 aromatic heterocycles. The summed E-state index contributed by atoms with van der Waals surface area (Å²) in [5, 5.41) is 3.77. The van der Waals surface area contributed by atoms with E-state index in [-0.39, 0.29) is 24.1 Å². The lowest BCUT2D eigenvalue weighted by Gasteiger charge is -2.22. The highest BCUT2D eigenvalue weighted by Crippen LogP contribution is 2.21. The van der Waals surface area contributed by atoms with Gasteiger partial charge in [-0.2, -0.15) is 0 Å². The molecule has 2 aromatic rings. The number of aryl methyl sites for hydroxylation is 1. The average molecular weight is 304 g/mol. The van der Waals surface area contributed by atoms with E-state index >= 15 is 0 Å². The lowest BCUT2D eigenvalue weighted by atomic mass is 9.95. The number of nitrogens with one attached hydrogen (secondary N) is 1. The fraction of sp³-hybridized carbons (Fsp3) is 0.500. The van der Waals surface area contributed by atoms with E-state index in [9.17, 15) is 9.59 Å². The molecule has 3 rings (SSSR count). The van der Waals surface area contributed by atoms with Gasteiger partial charge in [0.25, 0.3) is 5.56 Å². The van der Waals surface area contributed by atoms with E-state index in [4.69, 9.17) is 0 Å². The predicted molar refractivity (Wildman–Crippen MR) is 85.8 cm³/mol. The number of aromatic nitrogens is 1. The van der Waals surface area contributed by atoms with Gasteiger partial charge in [0.1, 0.15) is 6.54 Å². The molecular formula is C16H20N2O2S. The average Bonchev–Trinajstić information content (AvgIpc) is 2.85. The number of rotatable bonds is 3. The maximum absolute atomic E-state index is 12.4. The lowest BCUT2D eigenvalue weighted by molar-refractivity contribution is -0.122. The van der Waals surface area contributed by atoms with Crippen LogP contribution >= 0.6 is 11.3 Å². The van der Waals surface area contributed by atoms with Gasteiger partial charge in [-0.05, 0) is 31.9 Å². The van der Waals surface area contributed by atoms with Gasteiger partial charge in [-0.15, -0.1) is 11.3 Å². The fourth-order valence-electron chi connectivity index (χ4n) is 3.00. The van der Waals surface area contributed by atoms with Crippen LogP contribution in [-0.4, -0.2) is 16.5 Å². The third kappa shape index (κ3) is 3.18. The summed E-state index contributed by atoms with van der Waals surface area (Å²) in [6, 6.07) is 4.11. The number of nitrogens with zero attached hydrogens (tertiary/aromatic N) is 1. The van der Waals surface area contributed by atoms with Crippen molar-refractivity contribution in [1.29, 1.82) is 0 Å². The van der Waals surface area contributed by atoms with E-state index in [2.05, 4.69) is 5.32 Å². The third-order valence-electron chi connectivity index (χ3n) is 4.07. The summed E-state index contributed by atoms with van der Waals surface area (Å²) < 4.78 is 2.49. The molecule has 21 heavy (non-hydrogen) atoms. The molecule has 0 aromatic carbocycles. The number of hydrogen-bond donors (Lipinski definition) is 1. The zero-order valence-corrected chi connectivity index (χ0v) is 13.0. The Morgan fingerprint density at radius 3 is 2.90 bits per heavy atom. The van der Waals surface area contributed by atoms with Crippen molar-refractivity contribution in [2.24, 2.45) is 0 Å². The van der Waals surface area contributed by atoms with Crippen LogP contribution in [0, 0.1) is 6.92 Å². The van der Waals surface area contributed by atoms with Crippen LogP contribution in [0.4, 0.5) is 0 Å². The van der Waals surface area contributed by atoms with Crippen LogP contribution in [0.25, 0.3) is 10.1 Å². The Balaban J connectivity index is 1.73. The SMILES string of the molecule is Cc1cc2c(=O)n(CC(=O)NC3CCCCC3)ccc2s1. The largest absolute Gasteiger partial charge is 0.352 e. The zero-order valence-electron chi connectivity index (χ0n) is 12.2. The molecule has 1 fully saturated rings. The first-order valence-electron chi connectivity index (χ1n) is 7.52. The molecule has 5 heteroatoms. The van der Waals surface area contributed by atoms with Crippen molar-refractivity contribution in [3.63, 3.8) is 0 Å². The second kappa shape index (κ2) is 6.02. The van der Waals surface area contributed by atoms with Gasteiger partial charge in [0.15, 0.2) is 0 Å². The van der Waals surface area contributed by atoms with Crippen LogP contribution in [-0.2, 0) is 11.3 Å². The second-order valence-electron chi connectivity index (χ2n) is 5.79. The Hall–Kier alpha value is -1.62. The molecule has 0 aliphatic heterocycles. The topological polar surface area (TPSA) is 51.1 Å². The number of amides is 1. The number of hydrogen-bond acceptors (Lipinski definition) is 3. The molecular weight excluding hydrogens is 284 g/mol. The first-order chi connectivity index (χ1) is 10.1. The van der Waals surface area contributed by atoms with E-state index in [0.29, 0.717) is 5.39 Å². The monoisotopic (exact) mass is 304 g/mol. The quantitative estimate of drug-likeness (QED) is 0.948. The third-order valence-corrected chi connectivity index (χ3v) is 5.08. The van der Waals surface area contributed by atoms with E-state index in [1.807, 2.05) is 19.1 Å². The van der Waals surface area contributed by atoms with Crippen LogP contribution in [0.5, 0.6) is 0 Å². The molecule has 2 heterocycles. The molecule has 0 saturated heterocycles. The molecule has 0 atom stereocenters. The molecule has 1 amide bonds. The van der Waals surface area contributed by atoms with Gasteiger partial charge in [-0.25, -0.2) is 0 Å². The van der Waals surface area contributed by atoms with E-state index in [0.717, 1.165) is 22.4 Å². The summed E-state index contributed by atoms with van der Waals surface area (Å²) >= 11 is 1.61. The highest BCUT2D eigenvalue weighted by molar-refractivity contribution is 7.18. The van der Waals surface area contributed by atoms with E-state index in [1.54, 1.807) is 17.5 Å². The minimum atomic E-state index is -0.0735. The van der Waals surface area contributed by atoms with E-state index < -0.39 is 0 Å². The van der Waals surface area contributed by atoms with Crippen LogP contribution in [0.3, 0.4) is 0 Å². The highest BCUT2D eigenvalue weighted by atomic mass is 32.1. The molecule has 4 nitrogen and oxygen atoms in total. The Morgan fingerprint density at radius 1 is 1.38 bits per heavy atom. The maximum atomic E-state index is 12.4. The number of fused-ring (bicyclic) bond motifs is 1. The zero-order chi connectivity index (χ0) is 14.8. The molecule has 1 aliphatic carbocycles. The summed E-state index contributed by atoms with van der Waals surface area (Å²) in [6.45, 7) is 2.10. The van der Waals surface area contributed by atoms with Gasteiger partial charge < -0.3 is 9.88 Å². The van der Waals surface area contributed by atoms with E-state index in [1.165, 1.54) is 23.8 Å². The smallest absolute Gasteiger partial charge is 0.259 e. The maximum Gasteiger partial charge on any atom is 0.259 e. The number of pyridine rings is 1. The number of carbonyl (C=O) groups is 1. The van der Waals surface area contributed by atoms with Crippen molar-refractivity contribution in [1.82, 2.24) is 9.88 Å². The van der Waals surface area contributed by atoms with Crippen molar-refractivity contribution in [2.45, 2.75) is 51.6 Å². The van der Waals surface area contributed by atoms with Gasteiger partial charge in [-0.1, -0.05) is 19.3 Å². The highest BCUT2D eigenvalue weighted by Gasteiger charge is 2.16. The Labute approximate surface area is 127 Å². The van der Waals surface area contributed by atoms with Gasteiger partial charge in [0.2, 0.25) is 5.91 Å². The van der Waals surface area contributed by atoms with Crippen molar-refractivity contribution in [3.8, 4) is 0 Å². The summed E-state index contributed by atoms with van der Waals surface area (Å²) in [5.41, 5.74) is -0.0735. The molecule has 1 saturated carbocycles. The van der Waals surface area contributed by atoms with Gasteiger partial charge in [0.05, 0.1) is 5.39 Å². The van der Waals surface area contributed by atoms with Crippen molar-refractivity contribution in [2.75, 3.05) is 0 Å². The summed E-state index contributed by atoms with van der Waals surface area (Å²) in [5.74, 6) is -0.0599. The minimum Gasteiger partial charge on any atom is -0.352 e. The number of thiophene rings is 1. The Morgan fingerprint density at radius 2 is 2.14 bits per heavy atom. The minimum absolute atomic E-state index is 0.0599. The van der Waals surface area contributed by atoms with Gasteiger partial charge in [-0.3, -0.25) is 9.59 Å².